The summed E-state index contributed by atoms with van der Waals surface area (Å²) in [4.78, 5) is 24.0. The number of amides is 1. The molecule has 2 aromatic carbocycles. The van der Waals surface area contributed by atoms with Crippen LogP contribution in [0.4, 0.5) is 0 Å². The second-order valence-corrected chi connectivity index (χ2v) is 6.17. The first-order valence-corrected chi connectivity index (χ1v) is 8.26. The van der Waals surface area contributed by atoms with Gasteiger partial charge in [-0.1, -0.05) is 12.1 Å². The second kappa shape index (κ2) is 6.59. The summed E-state index contributed by atoms with van der Waals surface area (Å²) in [5.74, 6) is 0.502. The van der Waals surface area contributed by atoms with Crippen LogP contribution in [0.5, 0.6) is 17.2 Å². The molecule has 0 saturated carbocycles. The van der Waals surface area contributed by atoms with E-state index in [2.05, 4.69) is 5.32 Å². The average molecular weight is 355 g/mol. The van der Waals surface area contributed by atoms with Crippen molar-refractivity contribution in [2.24, 2.45) is 0 Å². The van der Waals surface area contributed by atoms with E-state index >= 15 is 0 Å². The van der Waals surface area contributed by atoms with Crippen LogP contribution in [0.15, 0.2) is 36.4 Å². The summed E-state index contributed by atoms with van der Waals surface area (Å²) in [7, 11) is 0. The Labute approximate surface area is 149 Å². The molecule has 0 aromatic heterocycles. The van der Waals surface area contributed by atoms with Gasteiger partial charge in [-0.3, -0.25) is 4.79 Å². The van der Waals surface area contributed by atoms with Gasteiger partial charge in [0.15, 0.2) is 17.5 Å². The molecule has 134 valence electrons. The smallest absolute Gasteiger partial charge is 0.330 e. The molecule has 0 saturated heterocycles. The number of carbonyl (C=O) groups is 2. The van der Waals surface area contributed by atoms with Gasteiger partial charge in [0, 0.05) is 6.42 Å². The maximum atomic E-state index is 12.4. The Morgan fingerprint density at radius 2 is 1.85 bits per heavy atom. The third kappa shape index (κ3) is 3.15. The zero-order valence-electron chi connectivity index (χ0n) is 13.9. The highest BCUT2D eigenvalue weighted by atomic mass is 16.7. The first-order chi connectivity index (χ1) is 12.6. The minimum atomic E-state index is -1.11. The molecule has 1 atom stereocenters. The van der Waals surface area contributed by atoms with Crippen molar-refractivity contribution in [1.29, 1.82) is 0 Å². The van der Waals surface area contributed by atoms with Gasteiger partial charge in [0.1, 0.15) is 5.75 Å². The van der Waals surface area contributed by atoms with Gasteiger partial charge in [0.25, 0.3) is 0 Å². The maximum Gasteiger partial charge on any atom is 0.330 e. The third-order valence-electron chi connectivity index (χ3n) is 4.40. The molecule has 0 radical (unpaired) electrons. The molecule has 7 nitrogen and oxygen atoms in total. The number of carbonyl (C=O) groups excluding carboxylic acids is 1. The van der Waals surface area contributed by atoms with Gasteiger partial charge in [-0.25, -0.2) is 4.79 Å². The van der Waals surface area contributed by atoms with E-state index in [1.54, 1.807) is 36.4 Å². The number of aliphatic carboxylic acids is 1. The molecule has 26 heavy (non-hydrogen) atoms. The van der Waals surface area contributed by atoms with Gasteiger partial charge in [0.05, 0.1) is 13.0 Å². The van der Waals surface area contributed by atoms with E-state index in [9.17, 15) is 14.7 Å². The predicted molar refractivity (Wildman–Crippen MR) is 90.4 cm³/mol. The van der Waals surface area contributed by atoms with E-state index < -0.39 is 12.0 Å². The van der Waals surface area contributed by atoms with Crippen molar-refractivity contribution in [2.45, 2.75) is 18.9 Å². The lowest BCUT2D eigenvalue weighted by Gasteiger charge is -2.16. The molecule has 4 rings (SSSR count). The lowest BCUT2D eigenvalue weighted by atomic mass is 10.0. The van der Waals surface area contributed by atoms with Crippen LogP contribution in [0.25, 0.3) is 0 Å². The minimum absolute atomic E-state index is 0.0501. The summed E-state index contributed by atoms with van der Waals surface area (Å²) < 4.78 is 16.0. The number of carboxylic acid groups (broad SMARTS) is 1. The fourth-order valence-corrected chi connectivity index (χ4v) is 3.12. The summed E-state index contributed by atoms with van der Waals surface area (Å²) in [6, 6.07) is 9.31. The largest absolute Gasteiger partial charge is 0.493 e. The lowest BCUT2D eigenvalue weighted by Crippen LogP contribution is -2.34. The number of ether oxygens (including phenoxy) is 3. The zero-order valence-corrected chi connectivity index (χ0v) is 13.9. The Hall–Kier alpha value is -3.22. The highest BCUT2D eigenvalue weighted by Gasteiger charge is 2.24. The average Bonchev–Trinajstić information content (AvgIpc) is 3.27. The number of hydrogen-bond acceptors (Lipinski definition) is 5. The van der Waals surface area contributed by atoms with Crippen LogP contribution in [0, 0.1) is 0 Å². The fourth-order valence-electron chi connectivity index (χ4n) is 3.12. The van der Waals surface area contributed by atoms with Crippen molar-refractivity contribution < 1.29 is 28.9 Å². The Bertz CT molecular complexity index is 878. The molecule has 7 heteroatoms. The molecule has 2 N–H and O–H groups in total. The molecular weight excluding hydrogens is 338 g/mol. The van der Waals surface area contributed by atoms with E-state index in [-0.39, 0.29) is 19.1 Å². The molecule has 2 aliphatic rings. The van der Waals surface area contributed by atoms with E-state index in [0.29, 0.717) is 23.7 Å². The van der Waals surface area contributed by atoms with Crippen LogP contribution in [0.2, 0.25) is 0 Å². The Balaban J connectivity index is 1.48. The van der Waals surface area contributed by atoms with E-state index in [4.69, 9.17) is 14.2 Å². The molecule has 0 fully saturated rings. The molecular formula is C19H17NO6. The standard InChI is InChI=1S/C19H17NO6/c21-17(8-11-1-3-15-16(7-11)26-10-25-15)20-18(19(22)23)13-2-4-14-12(9-13)5-6-24-14/h1-4,7,9,18H,5-6,8,10H2,(H,20,21)(H,22,23). The van der Waals surface area contributed by atoms with Crippen molar-refractivity contribution in [3.8, 4) is 17.2 Å². The Morgan fingerprint density at radius 1 is 1.04 bits per heavy atom. The summed E-state index contributed by atoms with van der Waals surface area (Å²) >= 11 is 0. The minimum Gasteiger partial charge on any atom is -0.493 e. The van der Waals surface area contributed by atoms with Gasteiger partial charge in [-0.05, 0) is 41.0 Å². The molecule has 2 aliphatic heterocycles. The number of nitrogens with one attached hydrogen (secondary N) is 1. The maximum absolute atomic E-state index is 12.4. The summed E-state index contributed by atoms with van der Waals surface area (Å²) in [6.07, 6.45) is 0.787. The number of hydrogen-bond donors (Lipinski definition) is 2. The summed E-state index contributed by atoms with van der Waals surface area (Å²) in [5, 5.41) is 12.1. The van der Waals surface area contributed by atoms with Gasteiger partial charge in [0.2, 0.25) is 12.7 Å². The third-order valence-corrected chi connectivity index (χ3v) is 4.40. The van der Waals surface area contributed by atoms with E-state index in [1.807, 2.05) is 0 Å². The lowest BCUT2D eigenvalue weighted by molar-refractivity contribution is -0.141. The first kappa shape index (κ1) is 16.3. The normalized spacial score (nSPS) is 15.1. The zero-order chi connectivity index (χ0) is 18.1. The van der Waals surface area contributed by atoms with Gasteiger partial charge in [-0.2, -0.15) is 0 Å². The fraction of sp³-hybridized carbons (Fsp3) is 0.263. The molecule has 1 amide bonds. The number of fused-ring (bicyclic) bond motifs is 2. The number of benzene rings is 2. The topological polar surface area (TPSA) is 94.1 Å². The van der Waals surface area contributed by atoms with Crippen molar-refractivity contribution in [3.05, 3.63) is 53.1 Å². The highest BCUT2D eigenvalue weighted by Crippen LogP contribution is 2.33. The van der Waals surface area contributed by atoms with Gasteiger partial charge in [-0.15, -0.1) is 0 Å². The number of carboxylic acids is 1. The molecule has 1 unspecified atom stereocenters. The van der Waals surface area contributed by atoms with Crippen LogP contribution in [-0.2, 0) is 22.4 Å². The molecule has 2 aromatic rings. The summed E-state index contributed by atoms with van der Waals surface area (Å²) in [5.41, 5.74) is 2.21. The molecule has 0 spiro atoms. The van der Waals surface area contributed by atoms with Crippen molar-refractivity contribution >= 4 is 11.9 Å². The van der Waals surface area contributed by atoms with Crippen molar-refractivity contribution in [1.82, 2.24) is 5.32 Å². The molecule has 0 aliphatic carbocycles. The van der Waals surface area contributed by atoms with E-state index in [1.165, 1.54) is 0 Å². The van der Waals surface area contributed by atoms with Crippen LogP contribution in [0.1, 0.15) is 22.7 Å². The Kier molecular flexibility index (Phi) is 4.12. The van der Waals surface area contributed by atoms with E-state index in [0.717, 1.165) is 23.3 Å². The van der Waals surface area contributed by atoms with Gasteiger partial charge >= 0.3 is 5.97 Å². The van der Waals surface area contributed by atoms with Crippen LogP contribution in [-0.4, -0.2) is 30.4 Å². The molecule has 0 bridgehead atoms. The SMILES string of the molecule is O=C(Cc1ccc2c(c1)OCO2)NC(C(=O)O)c1ccc2c(c1)CCO2. The summed E-state index contributed by atoms with van der Waals surface area (Å²) in [6.45, 7) is 0.751. The van der Waals surface area contributed by atoms with Crippen LogP contribution in [0.3, 0.4) is 0 Å². The van der Waals surface area contributed by atoms with Crippen LogP contribution >= 0.6 is 0 Å². The first-order valence-electron chi connectivity index (χ1n) is 8.26. The molecule has 2 heterocycles. The van der Waals surface area contributed by atoms with Crippen LogP contribution < -0.4 is 19.5 Å². The quantitative estimate of drug-likeness (QED) is 0.850. The Morgan fingerprint density at radius 3 is 2.69 bits per heavy atom. The monoisotopic (exact) mass is 355 g/mol. The number of rotatable bonds is 5. The highest BCUT2D eigenvalue weighted by molar-refractivity contribution is 5.86. The van der Waals surface area contributed by atoms with Gasteiger partial charge < -0.3 is 24.6 Å². The predicted octanol–water partition coefficient (Wildman–Crippen LogP) is 1.83. The second-order valence-electron chi connectivity index (χ2n) is 6.17. The van der Waals surface area contributed by atoms with Crippen molar-refractivity contribution in [2.75, 3.05) is 13.4 Å². The van der Waals surface area contributed by atoms with Crippen molar-refractivity contribution in [3.63, 3.8) is 0 Å².